The highest BCUT2D eigenvalue weighted by atomic mass is 79.9. The van der Waals surface area contributed by atoms with Crippen molar-refractivity contribution in [2.45, 2.75) is 13.5 Å². The number of aryl methyl sites for hydroxylation is 1. The average molecular weight is 369 g/mol. The van der Waals surface area contributed by atoms with Gasteiger partial charge in [0.15, 0.2) is 0 Å². The first-order valence-electron chi connectivity index (χ1n) is 7.00. The summed E-state index contributed by atoms with van der Waals surface area (Å²) in [6.45, 7) is 2.34. The first-order chi connectivity index (χ1) is 11.1. The molecule has 0 aliphatic rings. The van der Waals surface area contributed by atoms with Gasteiger partial charge in [-0.1, -0.05) is 28.1 Å². The van der Waals surface area contributed by atoms with Gasteiger partial charge in [0.2, 0.25) is 0 Å². The quantitative estimate of drug-likeness (QED) is 0.742. The minimum atomic E-state index is -0.210. The van der Waals surface area contributed by atoms with E-state index in [1.165, 1.54) is 0 Å². The molecule has 0 aliphatic heterocycles. The Balaban J connectivity index is 1.78. The minimum Gasteiger partial charge on any atom is -0.347 e. The lowest BCUT2D eigenvalue weighted by atomic mass is 10.1. The number of benzene rings is 2. The van der Waals surface area contributed by atoms with E-state index in [-0.39, 0.29) is 5.91 Å². The predicted octanol–water partition coefficient (Wildman–Crippen LogP) is 3.44. The van der Waals surface area contributed by atoms with Crippen LogP contribution in [0.4, 0.5) is 0 Å². The van der Waals surface area contributed by atoms with E-state index in [4.69, 9.17) is 5.26 Å². The number of carbonyl (C=O) groups excluding carboxylic acids is 1. The van der Waals surface area contributed by atoms with Crippen LogP contribution in [0.2, 0.25) is 0 Å². The molecule has 0 bridgehead atoms. The number of nitrogens with one attached hydrogen (secondary N) is 2. The zero-order valence-electron chi connectivity index (χ0n) is 12.4. The molecule has 23 heavy (non-hydrogen) atoms. The Morgan fingerprint density at radius 2 is 2.04 bits per heavy atom. The number of rotatable bonds is 3. The highest BCUT2D eigenvalue weighted by molar-refractivity contribution is 9.10. The summed E-state index contributed by atoms with van der Waals surface area (Å²) in [4.78, 5) is 12.4. The molecule has 6 heteroatoms. The molecule has 3 aromatic rings. The van der Waals surface area contributed by atoms with E-state index in [1.807, 2.05) is 31.2 Å². The van der Waals surface area contributed by atoms with E-state index in [2.05, 4.69) is 37.5 Å². The zero-order valence-corrected chi connectivity index (χ0v) is 13.9. The second-order valence-electron chi connectivity index (χ2n) is 5.16. The van der Waals surface area contributed by atoms with Crippen molar-refractivity contribution in [2.24, 2.45) is 0 Å². The lowest BCUT2D eigenvalue weighted by Crippen LogP contribution is -2.23. The van der Waals surface area contributed by atoms with E-state index in [1.54, 1.807) is 12.1 Å². The number of halogens is 1. The average Bonchev–Trinajstić information content (AvgIpc) is 3.01. The Bertz CT molecular complexity index is 922. The number of aromatic nitrogens is 2. The lowest BCUT2D eigenvalue weighted by molar-refractivity contribution is 0.0947. The Kier molecular flexibility index (Phi) is 4.13. The molecular formula is C17H13BrN4O. The number of H-pyrrole nitrogens is 1. The van der Waals surface area contributed by atoms with Crippen molar-refractivity contribution in [3.8, 4) is 6.07 Å². The van der Waals surface area contributed by atoms with E-state index in [9.17, 15) is 4.79 Å². The van der Waals surface area contributed by atoms with Gasteiger partial charge in [0.25, 0.3) is 5.91 Å². The lowest BCUT2D eigenvalue weighted by Gasteiger charge is -2.05. The zero-order chi connectivity index (χ0) is 16.4. The number of carbonyl (C=O) groups is 1. The van der Waals surface area contributed by atoms with Gasteiger partial charge in [0, 0.05) is 16.4 Å². The van der Waals surface area contributed by atoms with E-state index in [0.717, 1.165) is 26.5 Å². The SMILES string of the molecule is Cc1c(Br)ccc2c(C(=O)NCc3ccc(C#N)cc3)[nH]nc12. The highest BCUT2D eigenvalue weighted by Crippen LogP contribution is 2.26. The Morgan fingerprint density at radius 1 is 1.30 bits per heavy atom. The van der Waals surface area contributed by atoms with Gasteiger partial charge < -0.3 is 5.32 Å². The van der Waals surface area contributed by atoms with Gasteiger partial charge in [-0.05, 0) is 42.3 Å². The minimum absolute atomic E-state index is 0.210. The van der Waals surface area contributed by atoms with Crippen LogP contribution in [0.15, 0.2) is 40.9 Å². The standard InChI is InChI=1S/C17H13BrN4O/c1-10-14(18)7-6-13-15(10)21-22-16(13)17(23)20-9-12-4-2-11(8-19)3-5-12/h2-7H,9H2,1H3,(H,20,23)(H,21,22). The third-order valence-corrected chi connectivity index (χ3v) is 4.54. The van der Waals surface area contributed by atoms with Crippen molar-refractivity contribution in [1.29, 1.82) is 5.26 Å². The normalized spacial score (nSPS) is 10.5. The molecular weight excluding hydrogens is 356 g/mol. The van der Waals surface area contributed by atoms with E-state index < -0.39 is 0 Å². The summed E-state index contributed by atoms with van der Waals surface area (Å²) in [6.07, 6.45) is 0. The second kappa shape index (κ2) is 6.23. The molecule has 0 saturated heterocycles. The number of hydrogen-bond acceptors (Lipinski definition) is 3. The summed E-state index contributed by atoms with van der Waals surface area (Å²) in [5, 5.41) is 19.5. The molecule has 114 valence electrons. The molecule has 0 radical (unpaired) electrons. The molecule has 0 spiro atoms. The molecule has 3 rings (SSSR count). The molecule has 0 aliphatic carbocycles. The number of fused-ring (bicyclic) bond motifs is 1. The molecule has 2 N–H and O–H groups in total. The number of nitrogens with zero attached hydrogens (tertiary/aromatic N) is 2. The fourth-order valence-corrected chi connectivity index (χ4v) is 2.65. The van der Waals surface area contributed by atoms with Crippen LogP contribution in [0.5, 0.6) is 0 Å². The fraction of sp³-hybridized carbons (Fsp3) is 0.118. The van der Waals surface area contributed by atoms with Crippen LogP contribution < -0.4 is 5.32 Å². The number of hydrogen-bond donors (Lipinski definition) is 2. The molecule has 2 aromatic carbocycles. The van der Waals surface area contributed by atoms with Crippen LogP contribution in [-0.4, -0.2) is 16.1 Å². The van der Waals surface area contributed by atoms with Crippen LogP contribution in [0.1, 0.15) is 27.2 Å². The van der Waals surface area contributed by atoms with Crippen molar-refractivity contribution in [3.63, 3.8) is 0 Å². The van der Waals surface area contributed by atoms with Gasteiger partial charge in [-0.3, -0.25) is 9.89 Å². The second-order valence-corrected chi connectivity index (χ2v) is 6.01. The summed E-state index contributed by atoms with van der Waals surface area (Å²) >= 11 is 3.46. The maximum absolute atomic E-state index is 12.4. The van der Waals surface area contributed by atoms with Gasteiger partial charge in [0.05, 0.1) is 17.1 Å². The van der Waals surface area contributed by atoms with Crippen LogP contribution >= 0.6 is 15.9 Å². The highest BCUT2D eigenvalue weighted by Gasteiger charge is 2.15. The third-order valence-electron chi connectivity index (χ3n) is 3.68. The summed E-state index contributed by atoms with van der Waals surface area (Å²) < 4.78 is 0.959. The number of aromatic amines is 1. The Hall–Kier alpha value is -2.65. The molecule has 0 fully saturated rings. The van der Waals surface area contributed by atoms with Crippen molar-refractivity contribution in [1.82, 2.24) is 15.5 Å². The molecule has 1 amide bonds. The fourth-order valence-electron chi connectivity index (χ4n) is 2.33. The maximum atomic E-state index is 12.4. The number of nitriles is 1. The summed E-state index contributed by atoms with van der Waals surface area (Å²) in [5.74, 6) is -0.210. The van der Waals surface area contributed by atoms with Crippen molar-refractivity contribution in [2.75, 3.05) is 0 Å². The molecule has 0 saturated carbocycles. The first-order valence-corrected chi connectivity index (χ1v) is 7.80. The van der Waals surface area contributed by atoms with Crippen molar-refractivity contribution in [3.05, 3.63) is 63.3 Å². The summed E-state index contributed by atoms with van der Waals surface area (Å²) in [5.41, 5.74) is 3.75. The Labute approximate surface area is 141 Å². The monoisotopic (exact) mass is 368 g/mol. The van der Waals surface area contributed by atoms with Gasteiger partial charge in [-0.2, -0.15) is 10.4 Å². The van der Waals surface area contributed by atoms with Crippen molar-refractivity contribution < 1.29 is 4.79 Å². The number of amides is 1. The van der Waals surface area contributed by atoms with Gasteiger partial charge in [0.1, 0.15) is 5.69 Å². The van der Waals surface area contributed by atoms with E-state index in [0.29, 0.717) is 17.8 Å². The Morgan fingerprint density at radius 3 is 2.74 bits per heavy atom. The van der Waals surface area contributed by atoms with Gasteiger partial charge in [-0.15, -0.1) is 0 Å². The smallest absolute Gasteiger partial charge is 0.270 e. The van der Waals surface area contributed by atoms with Crippen LogP contribution in [-0.2, 0) is 6.54 Å². The topological polar surface area (TPSA) is 81.6 Å². The maximum Gasteiger partial charge on any atom is 0.270 e. The predicted molar refractivity (Wildman–Crippen MR) is 90.9 cm³/mol. The molecule has 1 heterocycles. The van der Waals surface area contributed by atoms with Crippen LogP contribution in [0.3, 0.4) is 0 Å². The molecule has 1 aromatic heterocycles. The van der Waals surface area contributed by atoms with Crippen LogP contribution in [0.25, 0.3) is 10.9 Å². The van der Waals surface area contributed by atoms with Gasteiger partial charge >= 0.3 is 0 Å². The van der Waals surface area contributed by atoms with Gasteiger partial charge in [-0.25, -0.2) is 0 Å². The van der Waals surface area contributed by atoms with E-state index >= 15 is 0 Å². The first kappa shape index (κ1) is 15.3. The summed E-state index contributed by atoms with van der Waals surface area (Å²) in [7, 11) is 0. The third kappa shape index (κ3) is 2.96. The van der Waals surface area contributed by atoms with Crippen LogP contribution in [0, 0.1) is 18.3 Å². The summed E-state index contributed by atoms with van der Waals surface area (Å²) in [6, 6.07) is 13.0. The molecule has 0 atom stereocenters. The van der Waals surface area contributed by atoms with Crippen molar-refractivity contribution >= 4 is 32.7 Å². The largest absolute Gasteiger partial charge is 0.347 e. The molecule has 5 nitrogen and oxygen atoms in total. The molecule has 0 unspecified atom stereocenters.